The second-order valence-corrected chi connectivity index (χ2v) is 6.62. The van der Waals surface area contributed by atoms with Gasteiger partial charge in [-0.15, -0.1) is 0 Å². The van der Waals surface area contributed by atoms with Crippen LogP contribution < -0.4 is 14.8 Å². The van der Waals surface area contributed by atoms with E-state index in [0.717, 1.165) is 16.8 Å². The van der Waals surface area contributed by atoms with Gasteiger partial charge in [-0.3, -0.25) is 4.98 Å². The number of oxazole rings is 1. The molecule has 0 bridgehead atoms. The minimum Gasteiger partial charge on any atom is -0.497 e. The number of hydrogen-bond acceptors (Lipinski definition) is 7. The number of nitrogens with zero attached hydrogens (tertiary/aromatic N) is 2. The molecule has 4 aromatic rings. The third-order valence-electron chi connectivity index (χ3n) is 4.60. The average Bonchev–Trinajstić information content (AvgIpc) is 3.23. The number of methoxy groups -OCH3 is 2. The monoisotopic (exact) mass is 405 g/mol. The van der Waals surface area contributed by atoms with E-state index in [2.05, 4.69) is 10.3 Å². The molecular weight excluding hydrogens is 382 g/mol. The summed E-state index contributed by atoms with van der Waals surface area (Å²) in [5.74, 6) is 1.76. The number of fused-ring (bicyclic) bond motifs is 1. The molecule has 7 heteroatoms. The molecule has 0 unspecified atom stereocenters. The maximum atomic E-state index is 6.05. The van der Waals surface area contributed by atoms with Gasteiger partial charge in [-0.1, -0.05) is 18.2 Å². The van der Waals surface area contributed by atoms with Gasteiger partial charge in [0.15, 0.2) is 12.4 Å². The molecule has 1 N–H and O–H groups in total. The number of benzene rings is 2. The Labute approximate surface area is 174 Å². The molecule has 0 fully saturated rings. The Bertz CT molecular complexity index is 1110. The molecule has 0 radical (unpaired) electrons. The Kier molecular flexibility index (Phi) is 6.22. The topological polar surface area (TPSA) is 78.6 Å². The summed E-state index contributed by atoms with van der Waals surface area (Å²) in [6.45, 7) is 1.44. The lowest BCUT2D eigenvalue weighted by atomic mass is 10.1. The molecule has 7 nitrogen and oxygen atoms in total. The van der Waals surface area contributed by atoms with Crippen molar-refractivity contribution in [3.63, 3.8) is 0 Å². The van der Waals surface area contributed by atoms with Gasteiger partial charge < -0.3 is 23.9 Å². The Morgan fingerprint density at radius 2 is 1.93 bits per heavy atom. The summed E-state index contributed by atoms with van der Waals surface area (Å²) in [6.07, 6.45) is 1.79. The molecule has 0 aliphatic heterocycles. The first-order valence-electron chi connectivity index (χ1n) is 9.57. The zero-order valence-corrected chi connectivity index (χ0v) is 16.9. The van der Waals surface area contributed by atoms with Crippen molar-refractivity contribution in [2.24, 2.45) is 0 Å². The maximum Gasteiger partial charge on any atom is 0.231 e. The quantitative estimate of drug-likeness (QED) is 0.419. The van der Waals surface area contributed by atoms with Crippen molar-refractivity contribution in [3.8, 4) is 23.0 Å². The van der Waals surface area contributed by atoms with Crippen LogP contribution in [0.2, 0.25) is 0 Å². The van der Waals surface area contributed by atoms with E-state index in [1.807, 2.05) is 54.6 Å². The summed E-state index contributed by atoms with van der Waals surface area (Å²) in [7, 11) is 3.19. The molecule has 4 rings (SSSR count). The van der Waals surface area contributed by atoms with Gasteiger partial charge in [0, 0.05) is 26.4 Å². The molecule has 0 saturated heterocycles. The highest BCUT2D eigenvalue weighted by Gasteiger charge is 2.16. The van der Waals surface area contributed by atoms with E-state index in [4.69, 9.17) is 23.6 Å². The van der Waals surface area contributed by atoms with Crippen LogP contribution in [0, 0.1) is 0 Å². The lowest BCUT2D eigenvalue weighted by Gasteiger charge is -2.10. The fraction of sp³-hybridized carbons (Fsp3) is 0.217. The number of pyridine rings is 1. The van der Waals surface area contributed by atoms with Gasteiger partial charge in [-0.05, 0) is 42.0 Å². The Balaban J connectivity index is 1.61. The summed E-state index contributed by atoms with van der Waals surface area (Å²) >= 11 is 0. The van der Waals surface area contributed by atoms with E-state index in [1.54, 1.807) is 20.4 Å². The predicted molar refractivity (Wildman–Crippen MR) is 113 cm³/mol. The molecule has 2 aromatic carbocycles. The SMILES string of the molecule is COCOc1ccc(OC)cc1-c1nc2c(CNCc3ccccn3)cccc2o1. The fourth-order valence-corrected chi connectivity index (χ4v) is 3.14. The molecule has 0 aliphatic rings. The maximum absolute atomic E-state index is 6.05. The molecular formula is C23H23N3O4. The Morgan fingerprint density at radius 1 is 1.00 bits per heavy atom. The first-order chi connectivity index (χ1) is 14.8. The van der Waals surface area contributed by atoms with Crippen LogP contribution in [0.5, 0.6) is 11.5 Å². The number of aromatic nitrogens is 2. The van der Waals surface area contributed by atoms with Crippen molar-refractivity contribution in [2.75, 3.05) is 21.0 Å². The van der Waals surface area contributed by atoms with Gasteiger partial charge in [-0.2, -0.15) is 0 Å². The van der Waals surface area contributed by atoms with E-state index in [-0.39, 0.29) is 6.79 Å². The second kappa shape index (κ2) is 9.39. The largest absolute Gasteiger partial charge is 0.497 e. The molecule has 2 heterocycles. The van der Waals surface area contributed by atoms with Gasteiger partial charge in [-0.25, -0.2) is 4.98 Å². The van der Waals surface area contributed by atoms with Gasteiger partial charge in [0.2, 0.25) is 5.89 Å². The van der Waals surface area contributed by atoms with Crippen LogP contribution in [-0.2, 0) is 17.8 Å². The van der Waals surface area contributed by atoms with Crippen LogP contribution in [0.3, 0.4) is 0 Å². The Hall–Kier alpha value is -3.42. The van der Waals surface area contributed by atoms with Crippen LogP contribution in [0.4, 0.5) is 0 Å². The van der Waals surface area contributed by atoms with E-state index in [0.29, 0.717) is 41.6 Å². The third-order valence-corrected chi connectivity index (χ3v) is 4.60. The average molecular weight is 405 g/mol. The second-order valence-electron chi connectivity index (χ2n) is 6.62. The van der Waals surface area contributed by atoms with E-state index in [1.165, 1.54) is 0 Å². The van der Waals surface area contributed by atoms with Crippen molar-refractivity contribution in [2.45, 2.75) is 13.1 Å². The van der Waals surface area contributed by atoms with Gasteiger partial charge in [0.1, 0.15) is 17.0 Å². The summed E-state index contributed by atoms with van der Waals surface area (Å²) in [6, 6.07) is 17.3. The minimum atomic E-state index is 0.127. The van der Waals surface area contributed by atoms with E-state index >= 15 is 0 Å². The van der Waals surface area contributed by atoms with Crippen molar-refractivity contribution < 1.29 is 18.6 Å². The number of rotatable bonds is 9. The fourth-order valence-electron chi connectivity index (χ4n) is 3.14. The first-order valence-corrected chi connectivity index (χ1v) is 9.57. The van der Waals surface area contributed by atoms with Gasteiger partial charge >= 0.3 is 0 Å². The smallest absolute Gasteiger partial charge is 0.231 e. The number of para-hydroxylation sites is 1. The van der Waals surface area contributed by atoms with Crippen molar-refractivity contribution in [1.82, 2.24) is 15.3 Å². The lowest BCUT2D eigenvalue weighted by molar-refractivity contribution is 0.0514. The van der Waals surface area contributed by atoms with Crippen molar-refractivity contribution in [1.29, 1.82) is 0 Å². The molecule has 30 heavy (non-hydrogen) atoms. The molecule has 0 amide bonds. The first kappa shape index (κ1) is 19.9. The lowest BCUT2D eigenvalue weighted by Crippen LogP contribution is -2.13. The molecule has 2 aromatic heterocycles. The van der Waals surface area contributed by atoms with Crippen LogP contribution in [0.15, 0.2) is 65.2 Å². The highest BCUT2D eigenvalue weighted by Crippen LogP contribution is 2.35. The van der Waals surface area contributed by atoms with Crippen molar-refractivity contribution >= 4 is 11.1 Å². The molecule has 0 atom stereocenters. The molecule has 0 saturated carbocycles. The molecule has 0 spiro atoms. The predicted octanol–water partition coefficient (Wildman–Crippen LogP) is 4.17. The standard InChI is InChI=1S/C23H23N3O4/c1-27-15-29-20-10-9-18(28-2)12-19(20)23-26-22-16(6-5-8-21(22)30-23)13-24-14-17-7-3-4-11-25-17/h3-12,24H,13-15H2,1-2H3. The van der Waals surface area contributed by atoms with Crippen LogP contribution in [0.25, 0.3) is 22.6 Å². The number of ether oxygens (including phenoxy) is 3. The highest BCUT2D eigenvalue weighted by atomic mass is 16.7. The van der Waals surface area contributed by atoms with Crippen LogP contribution >= 0.6 is 0 Å². The zero-order valence-electron chi connectivity index (χ0n) is 16.9. The minimum absolute atomic E-state index is 0.127. The third kappa shape index (κ3) is 4.42. The van der Waals surface area contributed by atoms with Crippen molar-refractivity contribution in [3.05, 3.63) is 72.1 Å². The van der Waals surface area contributed by atoms with Crippen LogP contribution in [-0.4, -0.2) is 31.0 Å². The summed E-state index contributed by atoms with van der Waals surface area (Å²) in [5, 5.41) is 3.41. The van der Waals surface area contributed by atoms with E-state index in [9.17, 15) is 0 Å². The van der Waals surface area contributed by atoms with Gasteiger partial charge in [0.25, 0.3) is 0 Å². The van der Waals surface area contributed by atoms with Crippen LogP contribution in [0.1, 0.15) is 11.3 Å². The molecule has 0 aliphatic carbocycles. The summed E-state index contributed by atoms with van der Waals surface area (Å²) < 4.78 is 22.1. The zero-order chi connectivity index (χ0) is 20.8. The van der Waals surface area contributed by atoms with E-state index < -0.39 is 0 Å². The number of hydrogen-bond donors (Lipinski definition) is 1. The summed E-state index contributed by atoms with van der Waals surface area (Å²) in [4.78, 5) is 9.09. The van der Waals surface area contributed by atoms with Gasteiger partial charge in [0.05, 0.1) is 18.4 Å². The highest BCUT2D eigenvalue weighted by molar-refractivity contribution is 5.80. The Morgan fingerprint density at radius 3 is 2.73 bits per heavy atom. The normalized spacial score (nSPS) is 11.0. The summed E-state index contributed by atoms with van der Waals surface area (Å²) in [5.41, 5.74) is 4.25. The molecule has 154 valence electrons. The number of nitrogens with one attached hydrogen (secondary N) is 1.